The molecule has 10 rings (SSSR count). The van der Waals surface area contributed by atoms with E-state index in [4.69, 9.17) is 6.85 Å². The number of aryl methyl sites for hydroxylation is 1. The van der Waals surface area contributed by atoms with Crippen LogP contribution in [0.3, 0.4) is 0 Å². The summed E-state index contributed by atoms with van der Waals surface area (Å²) in [5, 5.41) is 4.61. The lowest BCUT2D eigenvalue weighted by Crippen LogP contribution is -2.02. The topological polar surface area (TPSA) is 17.8 Å². The number of hydrogen-bond acceptors (Lipinski definition) is 1. The molecule has 0 aliphatic rings. The average Bonchev–Trinajstić information content (AvgIpc) is 3.69. The van der Waals surface area contributed by atoms with Crippen molar-refractivity contribution in [3.63, 3.8) is 0 Å². The smallest absolute Gasteiger partial charge is 0.114 e. The second-order valence-corrected chi connectivity index (χ2v) is 13.9. The summed E-state index contributed by atoms with van der Waals surface area (Å²) in [5.74, 6) is -0.156. The lowest BCUT2D eigenvalue weighted by atomic mass is 9.84. The van der Waals surface area contributed by atoms with Crippen LogP contribution in [0.1, 0.15) is 19.5 Å². The van der Waals surface area contributed by atoms with Crippen molar-refractivity contribution in [2.24, 2.45) is 0 Å². The molecule has 0 radical (unpaired) electrons. The maximum Gasteiger partial charge on any atom is 0.114 e. The fraction of sp³-hybridized carbons (Fsp3) is 0.0377. The van der Waals surface area contributed by atoms with Crippen molar-refractivity contribution < 1.29 is 6.85 Å². The number of imidazole rings is 1. The van der Waals surface area contributed by atoms with Gasteiger partial charge in [0.1, 0.15) is 5.82 Å². The lowest BCUT2D eigenvalue weighted by molar-refractivity contribution is 0.909. The number of hydrogen-bond donors (Lipinski definition) is 0. The molecule has 0 bridgehead atoms. The van der Waals surface area contributed by atoms with Crippen LogP contribution in [0, 0.1) is 0 Å². The summed E-state index contributed by atoms with van der Waals surface area (Å²) in [4.78, 5) is 4.57. The molecule has 9 aromatic carbocycles. The summed E-state index contributed by atoms with van der Waals surface area (Å²) in [6.07, 6.45) is -2.71. The first-order valence-corrected chi connectivity index (χ1v) is 18.6. The van der Waals surface area contributed by atoms with Gasteiger partial charge in [-0.1, -0.05) is 171 Å². The molecular formula is C53H38N2. The molecule has 0 N–H and O–H groups in total. The van der Waals surface area contributed by atoms with Gasteiger partial charge in [-0.25, -0.2) is 4.98 Å². The summed E-state index contributed by atoms with van der Waals surface area (Å²) in [6.45, 7) is -2.93. The molecule has 0 atom stereocenters. The quantitative estimate of drug-likeness (QED) is 0.151. The Balaban J connectivity index is 1.15. The highest BCUT2D eigenvalue weighted by Gasteiger charge is 2.19. The minimum Gasteiger partial charge on any atom is -0.296 e. The van der Waals surface area contributed by atoms with E-state index in [2.05, 4.69) is 157 Å². The van der Waals surface area contributed by atoms with Crippen LogP contribution in [0.15, 0.2) is 200 Å². The van der Waals surface area contributed by atoms with Gasteiger partial charge in [-0.15, -0.1) is 0 Å². The van der Waals surface area contributed by atoms with Crippen LogP contribution < -0.4 is 0 Å². The van der Waals surface area contributed by atoms with Gasteiger partial charge in [0.05, 0.1) is 16.7 Å². The van der Waals surface area contributed by atoms with Crippen LogP contribution in [-0.2, 0) is 6.37 Å². The predicted octanol–water partition coefficient (Wildman–Crippen LogP) is 14.2. The number of benzene rings is 9. The van der Waals surface area contributed by atoms with Gasteiger partial charge in [-0.2, -0.15) is 0 Å². The Kier molecular flexibility index (Phi) is 6.89. The van der Waals surface area contributed by atoms with E-state index in [1.807, 2.05) is 42.5 Å². The van der Waals surface area contributed by atoms with Crippen LogP contribution in [0.5, 0.6) is 0 Å². The van der Waals surface area contributed by atoms with E-state index in [-0.39, 0.29) is 5.82 Å². The normalized spacial score (nSPS) is 13.3. The van der Waals surface area contributed by atoms with Gasteiger partial charge in [0.15, 0.2) is 0 Å². The average molecular weight is 708 g/mol. The highest BCUT2D eigenvalue weighted by Crippen LogP contribution is 2.45. The monoisotopic (exact) mass is 707 g/mol. The number of rotatable bonds is 7. The van der Waals surface area contributed by atoms with Crippen molar-refractivity contribution >= 4 is 32.6 Å². The van der Waals surface area contributed by atoms with Crippen LogP contribution in [0.4, 0.5) is 0 Å². The van der Waals surface area contributed by atoms with Crippen molar-refractivity contribution in [3.8, 4) is 61.3 Å². The maximum absolute atomic E-state index is 8.76. The van der Waals surface area contributed by atoms with Gasteiger partial charge >= 0.3 is 0 Å². The molecule has 2 heteroatoms. The molecule has 0 spiro atoms. The Labute approximate surface area is 328 Å². The van der Waals surface area contributed by atoms with E-state index in [1.54, 1.807) is 10.6 Å². The highest BCUT2D eigenvalue weighted by molar-refractivity contribution is 6.21. The van der Waals surface area contributed by atoms with E-state index in [9.17, 15) is 0 Å². The largest absolute Gasteiger partial charge is 0.296 e. The minimum atomic E-state index is -2.93. The Morgan fingerprint density at radius 3 is 1.51 bits per heavy atom. The van der Waals surface area contributed by atoms with Crippen molar-refractivity contribution in [2.75, 3.05) is 0 Å². The zero-order valence-electron chi connectivity index (χ0n) is 34.9. The molecule has 55 heavy (non-hydrogen) atoms. The standard InChI is InChI=1S/C53H38N2/c1-2-51-54-48-26-14-16-28-50(48)55(51)49-27-15-13-21-43(49)38-29-31-39(32-30-38)52-44-22-9-11-24-46(44)53(47-25-12-10-23-45(47)52)42-34-40(36-17-5-3-6-18-36)33-41(35-42)37-19-7-4-8-20-37/h3-35H,2H2,1H3/i1D3,2D2. The molecule has 0 amide bonds. The zero-order valence-corrected chi connectivity index (χ0v) is 29.9. The van der Waals surface area contributed by atoms with Crippen LogP contribution in [-0.4, -0.2) is 9.55 Å². The molecule has 10 aromatic rings. The first kappa shape index (κ1) is 27.6. The van der Waals surface area contributed by atoms with Crippen LogP contribution in [0.25, 0.3) is 93.9 Å². The summed E-state index contributed by atoms with van der Waals surface area (Å²) in [6, 6.07) is 68.9. The maximum atomic E-state index is 8.76. The van der Waals surface area contributed by atoms with E-state index in [1.165, 1.54) is 5.56 Å². The van der Waals surface area contributed by atoms with Gasteiger partial charge < -0.3 is 0 Å². The molecular weight excluding hydrogens is 665 g/mol. The third kappa shape index (κ3) is 5.71. The molecule has 1 aromatic heterocycles. The highest BCUT2D eigenvalue weighted by atomic mass is 15.1. The summed E-state index contributed by atoms with van der Waals surface area (Å²) >= 11 is 0. The minimum absolute atomic E-state index is 0.156. The summed E-state index contributed by atoms with van der Waals surface area (Å²) < 4.78 is 43.5. The Morgan fingerprint density at radius 2 is 0.909 bits per heavy atom. The molecule has 0 aliphatic heterocycles. The second kappa shape index (κ2) is 13.7. The summed E-state index contributed by atoms with van der Waals surface area (Å²) in [7, 11) is 0. The third-order valence-corrected chi connectivity index (χ3v) is 10.7. The van der Waals surface area contributed by atoms with E-state index >= 15 is 0 Å². The Hall–Kier alpha value is -7.03. The van der Waals surface area contributed by atoms with Gasteiger partial charge in [-0.3, -0.25) is 4.57 Å². The third-order valence-electron chi connectivity index (χ3n) is 10.7. The van der Waals surface area contributed by atoms with Crippen molar-refractivity contribution in [2.45, 2.75) is 13.2 Å². The van der Waals surface area contributed by atoms with Gasteiger partial charge in [0.2, 0.25) is 0 Å². The van der Waals surface area contributed by atoms with Crippen molar-refractivity contribution in [1.82, 2.24) is 9.55 Å². The predicted molar refractivity (Wildman–Crippen MR) is 233 cm³/mol. The fourth-order valence-corrected chi connectivity index (χ4v) is 8.20. The van der Waals surface area contributed by atoms with E-state index < -0.39 is 13.2 Å². The Bertz CT molecular complexity index is 3090. The zero-order chi connectivity index (χ0) is 41.0. The first-order valence-electron chi connectivity index (χ1n) is 21.1. The van der Waals surface area contributed by atoms with E-state index in [0.29, 0.717) is 16.7 Å². The van der Waals surface area contributed by atoms with E-state index in [0.717, 1.165) is 71.6 Å². The second-order valence-electron chi connectivity index (χ2n) is 13.9. The van der Waals surface area contributed by atoms with Gasteiger partial charge in [0, 0.05) is 18.8 Å². The SMILES string of the molecule is [2H]C([2H])([2H])C([2H])([2H])c1nc2ccccc2n1-c1ccccc1-c1ccc(-c2c3ccccc3c(-c3cc(-c4ccccc4)cc(-c4ccccc4)c3)c3ccccc23)cc1. The molecule has 1 heterocycles. The molecule has 260 valence electrons. The molecule has 0 saturated heterocycles. The number of para-hydroxylation sites is 3. The molecule has 0 saturated carbocycles. The molecule has 0 aliphatic carbocycles. The van der Waals surface area contributed by atoms with Crippen molar-refractivity contribution in [1.29, 1.82) is 0 Å². The lowest BCUT2D eigenvalue weighted by Gasteiger charge is -2.19. The fourth-order valence-electron chi connectivity index (χ4n) is 8.20. The van der Waals surface area contributed by atoms with Gasteiger partial charge in [0.25, 0.3) is 0 Å². The van der Waals surface area contributed by atoms with Gasteiger partial charge in [-0.05, 0) is 108 Å². The Morgan fingerprint density at radius 1 is 0.436 bits per heavy atom. The van der Waals surface area contributed by atoms with Crippen LogP contribution in [0.2, 0.25) is 0 Å². The molecule has 0 unspecified atom stereocenters. The molecule has 2 nitrogen and oxygen atoms in total. The van der Waals surface area contributed by atoms with Crippen molar-refractivity contribution in [3.05, 3.63) is 206 Å². The summed E-state index contributed by atoms with van der Waals surface area (Å²) in [5.41, 5.74) is 12.7. The van der Waals surface area contributed by atoms with Crippen LogP contribution >= 0.6 is 0 Å². The first-order chi connectivity index (χ1) is 29.2. The number of nitrogens with zero attached hydrogens (tertiary/aromatic N) is 2. The number of fused-ring (bicyclic) bond motifs is 3. The molecule has 0 fully saturated rings. The number of aromatic nitrogens is 2.